The zero-order valence-electron chi connectivity index (χ0n) is 20.8. The highest BCUT2D eigenvalue weighted by Gasteiger charge is 2.41. The quantitative estimate of drug-likeness (QED) is 0.398. The van der Waals surface area contributed by atoms with Crippen LogP contribution in [0.2, 0.25) is 0 Å². The summed E-state index contributed by atoms with van der Waals surface area (Å²) in [5.74, 6) is 6.49. The van der Waals surface area contributed by atoms with Crippen LogP contribution in [0, 0.1) is 17.8 Å². The molecule has 3 aliphatic rings. The number of ether oxygens (including phenoxy) is 1. The lowest BCUT2D eigenvalue weighted by molar-refractivity contribution is -0.134. The minimum absolute atomic E-state index is 0.0617. The van der Waals surface area contributed by atoms with Crippen LogP contribution < -0.4 is 11.1 Å². The lowest BCUT2D eigenvalue weighted by Gasteiger charge is -2.20. The summed E-state index contributed by atoms with van der Waals surface area (Å²) in [6.45, 7) is 0.886. The summed E-state index contributed by atoms with van der Waals surface area (Å²) in [6, 6.07) is 9.37. The number of nitrogens with two attached hydrogens (primary N) is 1. The largest absolute Gasteiger partial charge is 0.388 e. The van der Waals surface area contributed by atoms with E-state index < -0.39 is 18.4 Å². The second-order valence-electron chi connectivity index (χ2n) is 10.2. The molecule has 196 valence electrons. The number of rotatable bonds is 7. The van der Waals surface area contributed by atoms with Gasteiger partial charge in [0, 0.05) is 24.6 Å². The molecule has 0 spiro atoms. The first-order valence-electron chi connectivity index (χ1n) is 12.9. The fourth-order valence-electron chi connectivity index (χ4n) is 4.58. The van der Waals surface area contributed by atoms with Gasteiger partial charge in [0.15, 0.2) is 17.7 Å². The number of anilines is 1. The number of nitrogens with zero attached hydrogens (tertiary/aromatic N) is 5. The minimum Gasteiger partial charge on any atom is -0.388 e. The smallest absolute Gasteiger partial charge is 0.254 e. The van der Waals surface area contributed by atoms with Crippen molar-refractivity contribution in [2.45, 2.75) is 56.6 Å². The van der Waals surface area contributed by atoms with Gasteiger partial charge in [0.2, 0.25) is 11.7 Å². The van der Waals surface area contributed by atoms with E-state index in [1.807, 2.05) is 18.2 Å². The molecule has 3 aromatic rings. The first kappa shape index (κ1) is 24.3. The maximum atomic E-state index is 13.0. The van der Waals surface area contributed by atoms with Crippen molar-refractivity contribution < 1.29 is 19.4 Å². The van der Waals surface area contributed by atoms with Crippen LogP contribution in [0.4, 0.5) is 5.82 Å². The summed E-state index contributed by atoms with van der Waals surface area (Å²) < 4.78 is 7.46. The molecule has 3 atom stereocenters. The van der Waals surface area contributed by atoms with Gasteiger partial charge in [-0.25, -0.2) is 15.0 Å². The number of carbonyl (C=O) groups is 2. The Bertz CT molecular complexity index is 1420. The monoisotopic (exact) mass is 515 g/mol. The summed E-state index contributed by atoms with van der Waals surface area (Å²) in [5, 5.41) is 13.6. The molecule has 2 saturated carbocycles. The van der Waals surface area contributed by atoms with E-state index in [2.05, 4.69) is 32.1 Å². The number of carbonyl (C=O) groups excluding carboxylic acids is 2. The van der Waals surface area contributed by atoms with E-state index in [1.54, 1.807) is 21.6 Å². The van der Waals surface area contributed by atoms with Crippen molar-refractivity contribution in [3.8, 4) is 11.8 Å². The Morgan fingerprint density at radius 2 is 1.97 bits per heavy atom. The molecule has 2 unspecified atom stereocenters. The molecule has 2 amide bonds. The van der Waals surface area contributed by atoms with Gasteiger partial charge in [-0.1, -0.05) is 24.1 Å². The summed E-state index contributed by atoms with van der Waals surface area (Å²) in [5.41, 5.74) is 7.47. The molecule has 4 N–H and O–H groups in total. The van der Waals surface area contributed by atoms with Crippen molar-refractivity contribution in [1.82, 2.24) is 29.7 Å². The second kappa shape index (κ2) is 10.0. The van der Waals surface area contributed by atoms with Gasteiger partial charge in [-0.05, 0) is 49.7 Å². The first-order chi connectivity index (χ1) is 18.5. The normalized spacial score (nSPS) is 22.6. The Morgan fingerprint density at radius 1 is 1.18 bits per heavy atom. The number of aliphatic hydroxyl groups is 1. The lowest BCUT2D eigenvalue weighted by atomic mass is 10.2. The zero-order chi connectivity index (χ0) is 26.2. The summed E-state index contributed by atoms with van der Waals surface area (Å²) >= 11 is 0. The molecule has 1 aliphatic heterocycles. The molecule has 0 bridgehead atoms. The molecule has 3 heterocycles. The molecule has 11 nitrogen and oxygen atoms in total. The molecule has 1 saturated heterocycles. The molecule has 38 heavy (non-hydrogen) atoms. The van der Waals surface area contributed by atoms with Crippen molar-refractivity contribution in [2.24, 2.45) is 5.92 Å². The first-order valence-corrected chi connectivity index (χ1v) is 12.9. The molecular formula is C27H29N7O4. The summed E-state index contributed by atoms with van der Waals surface area (Å²) in [4.78, 5) is 40.3. The minimum atomic E-state index is -0.923. The second-order valence-corrected chi connectivity index (χ2v) is 10.2. The third-order valence-electron chi connectivity index (χ3n) is 6.98. The number of benzene rings is 1. The van der Waals surface area contributed by atoms with Crippen molar-refractivity contribution in [3.05, 3.63) is 48.0 Å². The summed E-state index contributed by atoms with van der Waals surface area (Å²) in [6.07, 6.45) is 3.28. The SMILES string of the molecule is Nc1nc(C#CCN(CC2CC2)C(=O)c2ccccc2)nc2c1ncn2C1O[C@H](C(=O)NC2CC2)CC1O. The average Bonchev–Trinajstić information content (AvgIpc) is 3.83. The van der Waals surface area contributed by atoms with E-state index in [0.29, 0.717) is 29.2 Å². The third-order valence-corrected chi connectivity index (χ3v) is 6.98. The third kappa shape index (κ3) is 5.18. The van der Waals surface area contributed by atoms with Gasteiger partial charge in [0.05, 0.1) is 12.9 Å². The molecule has 3 fully saturated rings. The number of fused-ring (bicyclic) bond motifs is 1. The van der Waals surface area contributed by atoms with Gasteiger partial charge >= 0.3 is 0 Å². The Hall–Kier alpha value is -4.01. The van der Waals surface area contributed by atoms with E-state index in [-0.39, 0.29) is 42.5 Å². The molecular weight excluding hydrogens is 486 g/mol. The van der Waals surface area contributed by atoms with Gasteiger partial charge < -0.3 is 25.8 Å². The number of hydrogen-bond acceptors (Lipinski definition) is 8. The Labute approximate surface area is 219 Å². The van der Waals surface area contributed by atoms with Gasteiger partial charge in [-0.15, -0.1) is 0 Å². The number of nitrogens with one attached hydrogen (secondary N) is 1. The van der Waals surface area contributed by atoms with E-state index in [4.69, 9.17) is 10.5 Å². The van der Waals surface area contributed by atoms with Gasteiger partial charge in [0.1, 0.15) is 17.7 Å². The van der Waals surface area contributed by atoms with Crippen LogP contribution in [0.5, 0.6) is 0 Å². The van der Waals surface area contributed by atoms with Crippen LogP contribution in [0.3, 0.4) is 0 Å². The number of hydrogen-bond donors (Lipinski definition) is 3. The predicted molar refractivity (Wildman–Crippen MR) is 137 cm³/mol. The van der Waals surface area contributed by atoms with Crippen LogP contribution in [-0.2, 0) is 9.53 Å². The van der Waals surface area contributed by atoms with Crippen molar-refractivity contribution in [1.29, 1.82) is 0 Å². The van der Waals surface area contributed by atoms with E-state index in [9.17, 15) is 14.7 Å². The van der Waals surface area contributed by atoms with Crippen LogP contribution >= 0.6 is 0 Å². The van der Waals surface area contributed by atoms with Crippen LogP contribution in [0.15, 0.2) is 36.7 Å². The topological polar surface area (TPSA) is 148 Å². The molecule has 2 aromatic heterocycles. The van der Waals surface area contributed by atoms with Gasteiger partial charge in [-0.3, -0.25) is 14.2 Å². The highest BCUT2D eigenvalue weighted by Crippen LogP contribution is 2.33. The van der Waals surface area contributed by atoms with Gasteiger partial charge in [0.25, 0.3) is 5.91 Å². The Kier molecular flexibility index (Phi) is 6.43. The summed E-state index contributed by atoms with van der Waals surface area (Å²) in [7, 11) is 0. The number of aliphatic hydroxyl groups excluding tert-OH is 1. The maximum Gasteiger partial charge on any atom is 0.254 e. The molecule has 0 radical (unpaired) electrons. The van der Waals surface area contributed by atoms with E-state index in [0.717, 1.165) is 25.7 Å². The Balaban J connectivity index is 1.21. The van der Waals surface area contributed by atoms with Gasteiger partial charge in [-0.2, -0.15) is 0 Å². The number of imidazole rings is 1. The molecule has 6 rings (SSSR count). The molecule has 1 aromatic carbocycles. The fourth-order valence-corrected chi connectivity index (χ4v) is 4.58. The van der Waals surface area contributed by atoms with E-state index >= 15 is 0 Å². The van der Waals surface area contributed by atoms with Crippen molar-refractivity contribution >= 4 is 28.8 Å². The van der Waals surface area contributed by atoms with Crippen molar-refractivity contribution in [2.75, 3.05) is 18.8 Å². The molecule has 11 heteroatoms. The lowest BCUT2D eigenvalue weighted by Crippen LogP contribution is -2.35. The highest BCUT2D eigenvalue weighted by atomic mass is 16.5. The van der Waals surface area contributed by atoms with Crippen LogP contribution in [0.1, 0.15) is 54.5 Å². The van der Waals surface area contributed by atoms with Crippen molar-refractivity contribution in [3.63, 3.8) is 0 Å². The highest BCUT2D eigenvalue weighted by molar-refractivity contribution is 5.94. The molecule has 2 aliphatic carbocycles. The number of aromatic nitrogens is 4. The van der Waals surface area contributed by atoms with Crippen LogP contribution in [-0.4, -0.2) is 72.7 Å². The maximum absolute atomic E-state index is 13.0. The number of nitrogen functional groups attached to an aromatic ring is 1. The van der Waals surface area contributed by atoms with Crippen LogP contribution in [0.25, 0.3) is 11.2 Å². The zero-order valence-corrected chi connectivity index (χ0v) is 20.8. The standard InChI is InChI=1S/C27H29N7O4/c28-23-22-24(34(15-29-22)27-19(35)13-20(38-27)25(36)30-18-10-11-18)32-21(31-23)7-4-12-33(14-16-8-9-16)26(37)17-5-2-1-3-6-17/h1-3,5-6,15-16,18-20,27,35H,8-14H2,(H,30,36)(H2,28,31,32)/t19?,20-,27?/m0/s1. The average molecular weight is 516 g/mol. The Morgan fingerprint density at radius 3 is 2.71 bits per heavy atom. The fraction of sp³-hybridized carbons (Fsp3) is 0.444. The van der Waals surface area contributed by atoms with E-state index in [1.165, 1.54) is 6.33 Å². The number of amides is 2. The predicted octanol–water partition coefficient (Wildman–Crippen LogP) is 1.24.